The Morgan fingerprint density at radius 1 is 0.400 bits per heavy atom. The molecule has 310 valence electrons. The predicted molar refractivity (Wildman–Crippen MR) is 271 cm³/mol. The first-order valence-electron chi connectivity index (χ1n) is 23.9. The van der Waals surface area contributed by atoms with Gasteiger partial charge in [0.15, 0.2) is 0 Å². The van der Waals surface area contributed by atoms with Gasteiger partial charge in [-0.25, -0.2) is 0 Å². The number of fused-ring (bicyclic) bond motifs is 9. The molecule has 0 N–H and O–H groups in total. The van der Waals surface area contributed by atoms with Gasteiger partial charge in [-0.2, -0.15) is 0 Å². The van der Waals surface area contributed by atoms with Crippen molar-refractivity contribution in [1.29, 1.82) is 0 Å². The van der Waals surface area contributed by atoms with Crippen LogP contribution in [0.25, 0.3) is 76.9 Å². The van der Waals surface area contributed by atoms with E-state index in [2.05, 4.69) is 214 Å². The number of nitrogens with zero attached hydrogens (tertiary/aromatic N) is 3. The van der Waals surface area contributed by atoms with Gasteiger partial charge < -0.3 is 14.0 Å². The summed E-state index contributed by atoms with van der Waals surface area (Å²) in [5, 5.41) is 7.77. The SMILES string of the molecule is c1ccc2c(c1)-n1c3ccccc3c3cc(N(c4ccc(-c5ccc(-n6c7ccccc7c7ccccc76)cc5)cc4)c4cccc5ccccc45)cc(c31)C21C2CC3CC(C2)CC1C3. The van der Waals surface area contributed by atoms with Crippen molar-refractivity contribution in [3.8, 4) is 22.5 Å². The fourth-order valence-corrected chi connectivity index (χ4v) is 14.4. The highest BCUT2D eigenvalue weighted by Crippen LogP contribution is 2.68. The maximum atomic E-state index is 2.67. The summed E-state index contributed by atoms with van der Waals surface area (Å²) in [5.74, 6) is 3.04. The van der Waals surface area contributed by atoms with Gasteiger partial charge in [-0.3, -0.25) is 0 Å². The zero-order chi connectivity index (χ0) is 42.4. The summed E-state index contributed by atoms with van der Waals surface area (Å²) in [7, 11) is 0. The number of hydrogen-bond donors (Lipinski definition) is 0. The first-order valence-corrected chi connectivity index (χ1v) is 23.9. The summed E-state index contributed by atoms with van der Waals surface area (Å²) in [5.41, 5.74) is 16.9. The average molecular weight is 834 g/mol. The number of hydrogen-bond acceptors (Lipinski definition) is 1. The minimum Gasteiger partial charge on any atom is -0.310 e. The van der Waals surface area contributed by atoms with Crippen molar-refractivity contribution in [2.75, 3.05) is 4.90 Å². The molecule has 5 aliphatic rings. The molecular weight excluding hydrogens is 787 g/mol. The first-order chi connectivity index (χ1) is 32.2. The number of para-hydroxylation sites is 4. The van der Waals surface area contributed by atoms with Crippen LogP contribution in [0.1, 0.15) is 43.2 Å². The second-order valence-electron chi connectivity index (χ2n) is 19.7. The zero-order valence-electron chi connectivity index (χ0n) is 36.2. The number of anilines is 3. The van der Waals surface area contributed by atoms with Gasteiger partial charge in [0.25, 0.3) is 0 Å². The van der Waals surface area contributed by atoms with Gasteiger partial charge in [-0.1, -0.05) is 133 Å². The summed E-state index contributed by atoms with van der Waals surface area (Å²) in [6.07, 6.45) is 6.84. The van der Waals surface area contributed by atoms with E-state index in [4.69, 9.17) is 0 Å². The van der Waals surface area contributed by atoms with E-state index in [0.29, 0.717) is 11.8 Å². The van der Waals surface area contributed by atoms with Crippen LogP contribution < -0.4 is 4.90 Å². The van der Waals surface area contributed by atoms with Gasteiger partial charge in [0.05, 0.1) is 33.4 Å². The standard InChI is InChI=1S/C62H47N3/c1-2-14-49-43(12-1)13-11-23-56(49)63(46-28-24-41(25-29-46)42-26-30-47(31-27-42)64-57-19-7-3-15-50(57)51-16-4-8-20-58(51)64)48-37-53-52-17-5-9-21-59(52)65-60-22-10-6-18-54(60)62(55(38-48)61(53)65)44-33-39-32-40(35-44)36-45(62)34-39/h1-31,37-40,44-45H,32-36H2. The van der Waals surface area contributed by atoms with Gasteiger partial charge >= 0.3 is 0 Å². The highest BCUT2D eigenvalue weighted by atomic mass is 15.1. The third-order valence-corrected chi connectivity index (χ3v) is 16.6. The predicted octanol–water partition coefficient (Wildman–Crippen LogP) is 16.2. The zero-order valence-corrected chi connectivity index (χ0v) is 36.2. The fraction of sp³-hybridized carbons (Fsp3) is 0.161. The molecule has 3 heterocycles. The van der Waals surface area contributed by atoms with Crippen LogP contribution in [0.5, 0.6) is 0 Å². The molecule has 4 fully saturated rings. The summed E-state index contributed by atoms with van der Waals surface area (Å²) in [4.78, 5) is 2.57. The Morgan fingerprint density at radius 2 is 0.938 bits per heavy atom. The van der Waals surface area contributed by atoms with Crippen molar-refractivity contribution in [3.05, 3.63) is 211 Å². The molecule has 65 heavy (non-hydrogen) atoms. The molecule has 0 saturated heterocycles. The first kappa shape index (κ1) is 36.0. The fourth-order valence-electron chi connectivity index (χ4n) is 14.4. The van der Waals surface area contributed by atoms with Crippen LogP contribution in [0.15, 0.2) is 200 Å². The molecule has 2 aromatic heterocycles. The van der Waals surface area contributed by atoms with E-state index in [9.17, 15) is 0 Å². The lowest BCUT2D eigenvalue weighted by molar-refractivity contribution is -0.0418. The van der Waals surface area contributed by atoms with E-state index in [1.807, 2.05) is 0 Å². The van der Waals surface area contributed by atoms with Crippen LogP contribution in [0.3, 0.4) is 0 Å². The van der Waals surface area contributed by atoms with E-state index in [1.165, 1.54) is 120 Å². The molecular formula is C62H47N3. The molecule has 4 saturated carbocycles. The van der Waals surface area contributed by atoms with Crippen molar-refractivity contribution in [3.63, 3.8) is 0 Å². The Bertz CT molecular complexity index is 3650. The molecule has 11 aromatic rings. The molecule has 4 aliphatic carbocycles. The maximum absolute atomic E-state index is 2.67. The smallest absolute Gasteiger partial charge is 0.0584 e. The topological polar surface area (TPSA) is 13.1 Å². The molecule has 0 atom stereocenters. The highest BCUT2D eigenvalue weighted by molar-refractivity contribution is 6.14. The Morgan fingerprint density at radius 3 is 1.62 bits per heavy atom. The maximum Gasteiger partial charge on any atom is 0.0584 e. The van der Waals surface area contributed by atoms with Crippen molar-refractivity contribution < 1.29 is 0 Å². The minimum absolute atomic E-state index is 0.0116. The Hall–Kier alpha value is -7.36. The van der Waals surface area contributed by atoms with E-state index in [1.54, 1.807) is 11.1 Å². The Balaban J connectivity index is 0.923. The summed E-state index contributed by atoms with van der Waals surface area (Å²) >= 11 is 0. The van der Waals surface area contributed by atoms with Crippen molar-refractivity contribution >= 4 is 71.4 Å². The lowest BCUT2D eigenvalue weighted by atomic mass is 9.41. The average Bonchev–Trinajstić information content (AvgIpc) is 3.88. The Labute approximate surface area is 378 Å². The molecule has 4 bridgehead atoms. The molecule has 0 radical (unpaired) electrons. The second kappa shape index (κ2) is 13.3. The molecule has 0 unspecified atom stereocenters. The molecule has 1 spiro atoms. The third-order valence-electron chi connectivity index (χ3n) is 16.6. The summed E-state index contributed by atoms with van der Waals surface area (Å²) in [6, 6.07) is 75.6. The van der Waals surface area contributed by atoms with Crippen LogP contribution >= 0.6 is 0 Å². The van der Waals surface area contributed by atoms with Crippen LogP contribution in [0, 0.1) is 23.7 Å². The molecule has 0 amide bonds. The van der Waals surface area contributed by atoms with Crippen molar-refractivity contribution in [2.24, 2.45) is 23.7 Å². The van der Waals surface area contributed by atoms with Gasteiger partial charge in [-0.05, 0) is 150 Å². The monoisotopic (exact) mass is 833 g/mol. The molecule has 9 aromatic carbocycles. The number of rotatable bonds is 5. The third kappa shape index (κ3) is 4.91. The lowest BCUT2D eigenvalue weighted by Crippen LogP contribution is -2.57. The van der Waals surface area contributed by atoms with Gasteiger partial charge in [-0.15, -0.1) is 0 Å². The van der Waals surface area contributed by atoms with Crippen LogP contribution in [0.4, 0.5) is 17.1 Å². The van der Waals surface area contributed by atoms with E-state index < -0.39 is 0 Å². The quantitative estimate of drug-likeness (QED) is 0.168. The summed E-state index contributed by atoms with van der Waals surface area (Å²) < 4.78 is 5.03. The normalized spacial score (nSPS) is 21.6. The van der Waals surface area contributed by atoms with Crippen LogP contribution in [-0.4, -0.2) is 9.13 Å². The summed E-state index contributed by atoms with van der Waals surface area (Å²) in [6.45, 7) is 0. The van der Waals surface area contributed by atoms with Gasteiger partial charge in [0.1, 0.15) is 0 Å². The van der Waals surface area contributed by atoms with Crippen molar-refractivity contribution in [2.45, 2.75) is 37.5 Å². The molecule has 1 aliphatic heterocycles. The van der Waals surface area contributed by atoms with E-state index >= 15 is 0 Å². The van der Waals surface area contributed by atoms with Gasteiger partial charge in [0, 0.05) is 49.4 Å². The largest absolute Gasteiger partial charge is 0.310 e. The van der Waals surface area contributed by atoms with E-state index in [0.717, 1.165) is 17.5 Å². The lowest BCUT2D eigenvalue weighted by Gasteiger charge is -2.63. The van der Waals surface area contributed by atoms with Crippen LogP contribution in [0.2, 0.25) is 0 Å². The van der Waals surface area contributed by atoms with Crippen LogP contribution in [-0.2, 0) is 5.41 Å². The second-order valence-corrected chi connectivity index (χ2v) is 19.7. The number of benzene rings is 9. The molecule has 3 heteroatoms. The molecule has 3 nitrogen and oxygen atoms in total. The van der Waals surface area contributed by atoms with Gasteiger partial charge in [0.2, 0.25) is 0 Å². The molecule has 16 rings (SSSR count). The minimum atomic E-state index is -0.0116. The van der Waals surface area contributed by atoms with Crippen molar-refractivity contribution in [1.82, 2.24) is 9.13 Å². The number of aromatic nitrogens is 2. The Kier molecular flexibility index (Phi) is 7.40. The highest BCUT2D eigenvalue weighted by Gasteiger charge is 2.61. The van der Waals surface area contributed by atoms with E-state index in [-0.39, 0.29) is 5.41 Å².